The summed E-state index contributed by atoms with van der Waals surface area (Å²) in [6.45, 7) is 8.85. The van der Waals surface area contributed by atoms with Gasteiger partial charge in [-0.3, -0.25) is 9.69 Å². The number of para-hydroxylation sites is 1. The van der Waals surface area contributed by atoms with Gasteiger partial charge in [0.2, 0.25) is 5.91 Å². The van der Waals surface area contributed by atoms with Gasteiger partial charge in [-0.05, 0) is 38.8 Å². The first-order valence-corrected chi connectivity index (χ1v) is 9.09. The van der Waals surface area contributed by atoms with Crippen LogP contribution in [0.15, 0.2) is 24.3 Å². The number of rotatable bonds is 3. The molecule has 1 fully saturated rings. The van der Waals surface area contributed by atoms with Crippen molar-refractivity contribution in [2.75, 3.05) is 37.7 Å². The number of piperazine rings is 1. The van der Waals surface area contributed by atoms with Crippen molar-refractivity contribution in [1.29, 1.82) is 0 Å². The Hall–Kier alpha value is -2.08. The summed E-state index contributed by atoms with van der Waals surface area (Å²) in [6, 6.07) is 8.13. The summed E-state index contributed by atoms with van der Waals surface area (Å²) in [4.78, 5) is 30.7. The Morgan fingerprint density at radius 1 is 1.20 bits per heavy atom. The maximum atomic E-state index is 13.1. The van der Waals surface area contributed by atoms with Crippen LogP contribution in [-0.4, -0.2) is 66.7 Å². The van der Waals surface area contributed by atoms with Crippen LogP contribution in [0.3, 0.4) is 0 Å². The summed E-state index contributed by atoms with van der Waals surface area (Å²) >= 11 is 0. The molecule has 25 heavy (non-hydrogen) atoms. The van der Waals surface area contributed by atoms with E-state index in [-0.39, 0.29) is 24.1 Å². The Balaban J connectivity index is 1.63. The highest BCUT2D eigenvalue weighted by Crippen LogP contribution is 2.32. The first-order chi connectivity index (χ1) is 12.0. The van der Waals surface area contributed by atoms with Crippen LogP contribution < -0.4 is 4.90 Å². The summed E-state index contributed by atoms with van der Waals surface area (Å²) < 4.78 is 5.05. The number of nitrogens with zero attached hydrogens (tertiary/aromatic N) is 3. The fourth-order valence-electron chi connectivity index (χ4n) is 3.77. The van der Waals surface area contributed by atoms with Crippen molar-refractivity contribution in [2.24, 2.45) is 0 Å². The standard InChI is InChI=1S/C19H27N3O3/c1-4-25-19(24)21-11-9-20(10-12-21)15(3)18(23)22-14(2)13-16-7-5-6-8-17(16)22/h5-8,14-15H,4,9-13H2,1-3H3/t14-,15+/m1/s1. The number of anilines is 1. The molecule has 2 aliphatic heterocycles. The highest BCUT2D eigenvalue weighted by molar-refractivity contribution is 5.99. The van der Waals surface area contributed by atoms with Crippen LogP contribution in [0, 0.1) is 0 Å². The maximum Gasteiger partial charge on any atom is 0.409 e. The molecule has 0 aliphatic carbocycles. The second kappa shape index (κ2) is 7.44. The van der Waals surface area contributed by atoms with Crippen LogP contribution in [0.1, 0.15) is 26.3 Å². The molecule has 6 heteroatoms. The van der Waals surface area contributed by atoms with Crippen LogP contribution in [0.2, 0.25) is 0 Å². The predicted molar refractivity (Wildman–Crippen MR) is 96.7 cm³/mol. The third-order valence-electron chi connectivity index (χ3n) is 5.19. The first kappa shape index (κ1) is 17.7. The van der Waals surface area contributed by atoms with E-state index >= 15 is 0 Å². The topological polar surface area (TPSA) is 53.1 Å². The highest BCUT2D eigenvalue weighted by atomic mass is 16.6. The van der Waals surface area contributed by atoms with Crippen molar-refractivity contribution in [1.82, 2.24) is 9.80 Å². The predicted octanol–water partition coefficient (Wildman–Crippen LogP) is 2.13. The van der Waals surface area contributed by atoms with Gasteiger partial charge in [0.1, 0.15) is 0 Å². The molecule has 0 saturated carbocycles. The molecule has 2 atom stereocenters. The number of ether oxygens (including phenoxy) is 1. The highest BCUT2D eigenvalue weighted by Gasteiger charge is 2.36. The van der Waals surface area contributed by atoms with E-state index < -0.39 is 0 Å². The normalized spacial score (nSPS) is 21.8. The summed E-state index contributed by atoms with van der Waals surface area (Å²) in [7, 11) is 0. The van der Waals surface area contributed by atoms with E-state index in [1.54, 1.807) is 4.90 Å². The van der Waals surface area contributed by atoms with Crippen LogP contribution >= 0.6 is 0 Å². The lowest BCUT2D eigenvalue weighted by Gasteiger charge is -2.38. The van der Waals surface area contributed by atoms with Gasteiger partial charge in [-0.2, -0.15) is 0 Å². The van der Waals surface area contributed by atoms with Crippen molar-refractivity contribution < 1.29 is 14.3 Å². The van der Waals surface area contributed by atoms with Crippen LogP contribution in [0.25, 0.3) is 0 Å². The molecule has 0 radical (unpaired) electrons. The summed E-state index contributed by atoms with van der Waals surface area (Å²) in [5, 5.41) is 0. The van der Waals surface area contributed by atoms with E-state index in [4.69, 9.17) is 4.74 Å². The fraction of sp³-hybridized carbons (Fsp3) is 0.579. The van der Waals surface area contributed by atoms with Gasteiger partial charge in [0.15, 0.2) is 0 Å². The molecule has 6 nitrogen and oxygen atoms in total. The first-order valence-electron chi connectivity index (χ1n) is 9.09. The lowest BCUT2D eigenvalue weighted by molar-refractivity contribution is -0.124. The molecule has 0 aromatic heterocycles. The average molecular weight is 345 g/mol. The SMILES string of the molecule is CCOC(=O)N1CCN([C@@H](C)C(=O)N2c3ccccc3C[C@H]2C)CC1. The van der Waals surface area contributed by atoms with Gasteiger partial charge in [-0.1, -0.05) is 18.2 Å². The molecule has 136 valence electrons. The minimum atomic E-state index is -0.261. The van der Waals surface area contributed by atoms with E-state index in [0.717, 1.165) is 12.1 Å². The van der Waals surface area contributed by atoms with Crippen molar-refractivity contribution in [2.45, 2.75) is 39.3 Å². The van der Waals surface area contributed by atoms with Crippen LogP contribution in [0.4, 0.5) is 10.5 Å². The molecule has 0 bridgehead atoms. The van der Waals surface area contributed by atoms with Gasteiger partial charge in [-0.25, -0.2) is 4.79 Å². The van der Waals surface area contributed by atoms with Crippen molar-refractivity contribution in [3.05, 3.63) is 29.8 Å². The second-order valence-corrected chi connectivity index (χ2v) is 6.79. The second-order valence-electron chi connectivity index (χ2n) is 6.79. The minimum absolute atomic E-state index is 0.141. The molecule has 3 rings (SSSR count). The largest absolute Gasteiger partial charge is 0.450 e. The Kier molecular flexibility index (Phi) is 5.27. The molecule has 2 heterocycles. The Morgan fingerprint density at radius 2 is 1.88 bits per heavy atom. The zero-order valence-electron chi connectivity index (χ0n) is 15.3. The molecule has 0 spiro atoms. The van der Waals surface area contributed by atoms with E-state index in [1.165, 1.54) is 5.56 Å². The third kappa shape index (κ3) is 3.49. The van der Waals surface area contributed by atoms with Crippen LogP contribution in [-0.2, 0) is 16.0 Å². The number of amides is 2. The van der Waals surface area contributed by atoms with Crippen LogP contribution in [0.5, 0.6) is 0 Å². The summed E-state index contributed by atoms with van der Waals surface area (Å²) in [5.41, 5.74) is 2.28. The zero-order chi connectivity index (χ0) is 18.0. The molecular weight excluding hydrogens is 318 g/mol. The van der Waals surface area contributed by atoms with E-state index in [2.05, 4.69) is 17.9 Å². The third-order valence-corrected chi connectivity index (χ3v) is 5.19. The zero-order valence-corrected chi connectivity index (χ0v) is 15.3. The van der Waals surface area contributed by atoms with Gasteiger partial charge in [0, 0.05) is 37.9 Å². The molecule has 2 amide bonds. The molecule has 0 N–H and O–H groups in total. The van der Waals surface area contributed by atoms with E-state index in [9.17, 15) is 9.59 Å². The molecule has 1 saturated heterocycles. The van der Waals surface area contributed by atoms with Gasteiger partial charge in [-0.15, -0.1) is 0 Å². The quantitative estimate of drug-likeness (QED) is 0.842. The van der Waals surface area contributed by atoms with Gasteiger partial charge in [0.25, 0.3) is 0 Å². The lowest BCUT2D eigenvalue weighted by Crippen LogP contribution is -2.56. The molecular formula is C19H27N3O3. The number of carbonyl (C=O) groups is 2. The molecule has 1 aromatic rings. The number of fused-ring (bicyclic) bond motifs is 1. The molecule has 2 aliphatic rings. The van der Waals surface area contributed by atoms with Gasteiger partial charge in [0.05, 0.1) is 12.6 Å². The number of hydrogen-bond donors (Lipinski definition) is 0. The lowest BCUT2D eigenvalue weighted by atomic mass is 10.1. The Labute approximate surface area is 149 Å². The van der Waals surface area contributed by atoms with Crippen molar-refractivity contribution >= 4 is 17.7 Å². The molecule has 0 unspecified atom stereocenters. The summed E-state index contributed by atoms with van der Waals surface area (Å²) in [5.74, 6) is 0.141. The smallest absolute Gasteiger partial charge is 0.409 e. The fourth-order valence-corrected chi connectivity index (χ4v) is 3.77. The monoisotopic (exact) mass is 345 g/mol. The van der Waals surface area contributed by atoms with Crippen molar-refractivity contribution in [3.8, 4) is 0 Å². The average Bonchev–Trinajstić information content (AvgIpc) is 2.96. The Bertz CT molecular complexity index is 641. The Morgan fingerprint density at radius 3 is 2.56 bits per heavy atom. The molecule has 1 aromatic carbocycles. The maximum absolute atomic E-state index is 13.1. The van der Waals surface area contributed by atoms with Gasteiger partial charge < -0.3 is 14.5 Å². The number of carbonyl (C=O) groups excluding carboxylic acids is 2. The van der Waals surface area contributed by atoms with Gasteiger partial charge >= 0.3 is 6.09 Å². The van der Waals surface area contributed by atoms with E-state index in [0.29, 0.717) is 32.8 Å². The summed E-state index contributed by atoms with van der Waals surface area (Å²) in [6.07, 6.45) is 0.647. The minimum Gasteiger partial charge on any atom is -0.450 e. The van der Waals surface area contributed by atoms with Crippen molar-refractivity contribution in [3.63, 3.8) is 0 Å². The van der Waals surface area contributed by atoms with E-state index in [1.807, 2.05) is 36.9 Å². The number of hydrogen-bond acceptors (Lipinski definition) is 4. The number of benzene rings is 1.